The van der Waals surface area contributed by atoms with Crippen molar-refractivity contribution in [3.05, 3.63) is 12.2 Å². The highest BCUT2D eigenvalue weighted by Crippen LogP contribution is 2.34. The first-order valence-corrected chi connectivity index (χ1v) is 10.0. The van der Waals surface area contributed by atoms with Crippen LogP contribution < -0.4 is 0 Å². The third kappa shape index (κ3) is 8.66. The summed E-state index contributed by atoms with van der Waals surface area (Å²) >= 11 is 0. The number of methoxy groups -OCH3 is 1. The topological polar surface area (TPSA) is 63.6 Å². The highest BCUT2D eigenvalue weighted by Gasteiger charge is 2.39. The van der Waals surface area contributed by atoms with E-state index in [2.05, 4.69) is 23.8 Å². The maximum atomic E-state index is 12.2. The molecule has 25 heavy (non-hydrogen) atoms. The Hall–Kier alpha value is -1.16. The fourth-order valence-corrected chi connectivity index (χ4v) is 3.62. The quantitative estimate of drug-likeness (QED) is 0.299. The van der Waals surface area contributed by atoms with Crippen LogP contribution in [0.25, 0.3) is 0 Å². The van der Waals surface area contributed by atoms with E-state index in [1.54, 1.807) is 0 Å². The lowest BCUT2D eigenvalue weighted by molar-refractivity contribution is -0.140. The first kappa shape index (κ1) is 21.9. The van der Waals surface area contributed by atoms with E-state index in [4.69, 9.17) is 0 Å². The largest absolute Gasteiger partial charge is 0.469 e. The van der Waals surface area contributed by atoms with Crippen molar-refractivity contribution in [2.24, 2.45) is 11.8 Å². The predicted molar refractivity (Wildman–Crippen MR) is 100 cm³/mol. The number of ether oxygens (including phenoxy) is 1. The molecule has 1 saturated carbocycles. The molecule has 4 heteroatoms. The molecule has 1 fully saturated rings. The summed E-state index contributed by atoms with van der Waals surface area (Å²) in [5.74, 6) is 0.0252. The zero-order valence-corrected chi connectivity index (χ0v) is 16.0. The number of esters is 1. The number of unbranched alkanes of at least 4 members (excludes halogenated alkanes) is 7. The van der Waals surface area contributed by atoms with E-state index in [-0.39, 0.29) is 23.6 Å². The fourth-order valence-electron chi connectivity index (χ4n) is 3.62. The highest BCUT2D eigenvalue weighted by atomic mass is 16.5. The number of carbonyl (C=O) groups is 2. The van der Waals surface area contributed by atoms with Gasteiger partial charge in [-0.05, 0) is 25.7 Å². The van der Waals surface area contributed by atoms with Gasteiger partial charge in [0.25, 0.3) is 0 Å². The van der Waals surface area contributed by atoms with Gasteiger partial charge < -0.3 is 9.84 Å². The molecule has 0 amide bonds. The Bertz CT molecular complexity index is 416. The molecule has 0 radical (unpaired) electrons. The van der Waals surface area contributed by atoms with Crippen molar-refractivity contribution < 1.29 is 19.4 Å². The predicted octanol–water partition coefficient (Wildman–Crippen LogP) is 4.59. The van der Waals surface area contributed by atoms with E-state index in [0.717, 1.165) is 38.5 Å². The molecule has 0 saturated heterocycles. The zero-order chi connectivity index (χ0) is 18.5. The third-order valence-corrected chi connectivity index (χ3v) is 5.19. The molecule has 1 rings (SSSR count). The second-order valence-corrected chi connectivity index (χ2v) is 7.23. The molecular formula is C21H36O4. The van der Waals surface area contributed by atoms with Crippen molar-refractivity contribution in [2.75, 3.05) is 7.11 Å². The number of allylic oxidation sites excluding steroid dienone is 1. The number of carbonyl (C=O) groups excluding carboxylic acids is 2. The van der Waals surface area contributed by atoms with E-state index in [1.807, 2.05) is 0 Å². The second kappa shape index (κ2) is 13.1. The Labute approximate surface area is 153 Å². The highest BCUT2D eigenvalue weighted by molar-refractivity contribution is 5.84. The van der Waals surface area contributed by atoms with Crippen LogP contribution in [0.1, 0.15) is 84.0 Å². The van der Waals surface area contributed by atoms with Crippen LogP contribution in [0.4, 0.5) is 0 Å². The van der Waals surface area contributed by atoms with Gasteiger partial charge in [0.05, 0.1) is 13.2 Å². The van der Waals surface area contributed by atoms with E-state index >= 15 is 0 Å². The summed E-state index contributed by atoms with van der Waals surface area (Å²) < 4.78 is 4.63. The molecule has 0 heterocycles. The van der Waals surface area contributed by atoms with Gasteiger partial charge >= 0.3 is 5.97 Å². The fraction of sp³-hybridized carbons (Fsp3) is 0.810. The average molecular weight is 353 g/mol. The van der Waals surface area contributed by atoms with Gasteiger partial charge in [-0.2, -0.15) is 0 Å². The van der Waals surface area contributed by atoms with Crippen LogP contribution >= 0.6 is 0 Å². The summed E-state index contributed by atoms with van der Waals surface area (Å²) in [5.41, 5.74) is 0. The molecule has 3 atom stereocenters. The second-order valence-electron chi connectivity index (χ2n) is 7.23. The van der Waals surface area contributed by atoms with Gasteiger partial charge in [-0.15, -0.1) is 0 Å². The minimum atomic E-state index is -0.510. The Kier molecular flexibility index (Phi) is 11.5. The lowest BCUT2D eigenvalue weighted by Gasteiger charge is -2.17. The van der Waals surface area contributed by atoms with Gasteiger partial charge in [0.15, 0.2) is 0 Å². The normalized spacial score (nSPS) is 23.5. The molecule has 0 aromatic heterocycles. The Balaban J connectivity index is 2.28. The van der Waals surface area contributed by atoms with Crippen LogP contribution in [0.3, 0.4) is 0 Å². The van der Waals surface area contributed by atoms with Crippen LogP contribution in [0.15, 0.2) is 12.2 Å². The first-order valence-electron chi connectivity index (χ1n) is 10.0. The Morgan fingerprint density at radius 2 is 1.88 bits per heavy atom. The summed E-state index contributed by atoms with van der Waals surface area (Å²) in [6.07, 6.45) is 15.2. The molecule has 3 unspecified atom stereocenters. The first-order chi connectivity index (χ1) is 12.1. The maximum absolute atomic E-state index is 12.2. The minimum absolute atomic E-state index is 0.00579. The number of Topliss-reactive ketones (excluding diaryl/α,β-unsaturated/α-hetero) is 1. The van der Waals surface area contributed by atoms with Crippen molar-refractivity contribution in [3.8, 4) is 0 Å². The summed E-state index contributed by atoms with van der Waals surface area (Å²) in [4.78, 5) is 23.2. The number of hydrogen-bond acceptors (Lipinski definition) is 4. The van der Waals surface area contributed by atoms with Crippen LogP contribution in [-0.2, 0) is 14.3 Å². The summed E-state index contributed by atoms with van der Waals surface area (Å²) in [6, 6.07) is 0. The smallest absolute Gasteiger partial charge is 0.305 e. The van der Waals surface area contributed by atoms with Crippen LogP contribution in [0.2, 0.25) is 0 Å². The van der Waals surface area contributed by atoms with E-state index in [0.29, 0.717) is 12.8 Å². The molecule has 0 aromatic carbocycles. The zero-order valence-electron chi connectivity index (χ0n) is 16.0. The number of hydrogen-bond donors (Lipinski definition) is 1. The van der Waals surface area contributed by atoms with Crippen LogP contribution in [0, 0.1) is 11.8 Å². The number of ketones is 1. The Morgan fingerprint density at radius 3 is 2.60 bits per heavy atom. The van der Waals surface area contributed by atoms with Crippen molar-refractivity contribution >= 4 is 11.8 Å². The molecule has 1 aliphatic carbocycles. The van der Waals surface area contributed by atoms with Gasteiger partial charge in [0, 0.05) is 24.7 Å². The lowest BCUT2D eigenvalue weighted by atomic mass is 9.88. The standard InChI is InChI=1S/C21H36O4/c1-3-4-5-6-7-10-13-17-18(20(23)16-19(17)22)14-11-8-9-12-15-21(24)25-2/h10,13,17-19,22H,3-9,11-12,14-16H2,1-2H3. The van der Waals surface area contributed by atoms with Crippen LogP contribution in [-0.4, -0.2) is 30.1 Å². The summed E-state index contributed by atoms with van der Waals surface area (Å²) in [6.45, 7) is 2.20. The van der Waals surface area contributed by atoms with Gasteiger partial charge in [-0.3, -0.25) is 9.59 Å². The lowest BCUT2D eigenvalue weighted by Crippen LogP contribution is -2.18. The van der Waals surface area contributed by atoms with Crippen LogP contribution in [0.5, 0.6) is 0 Å². The molecule has 0 bridgehead atoms. The van der Waals surface area contributed by atoms with Crippen molar-refractivity contribution in [3.63, 3.8) is 0 Å². The minimum Gasteiger partial charge on any atom is -0.469 e. The Morgan fingerprint density at radius 1 is 1.16 bits per heavy atom. The van der Waals surface area contributed by atoms with E-state index in [1.165, 1.54) is 32.8 Å². The molecule has 144 valence electrons. The molecule has 1 N–H and O–H groups in total. The van der Waals surface area contributed by atoms with E-state index < -0.39 is 6.10 Å². The SMILES string of the molecule is CCCCCCC=CC1C(O)CC(=O)C1CCCCCCC(=O)OC. The molecule has 0 spiro atoms. The van der Waals surface area contributed by atoms with Crippen molar-refractivity contribution in [1.29, 1.82) is 0 Å². The molecule has 4 nitrogen and oxygen atoms in total. The monoisotopic (exact) mass is 352 g/mol. The summed E-state index contributed by atoms with van der Waals surface area (Å²) in [7, 11) is 1.41. The molecule has 1 aliphatic rings. The average Bonchev–Trinajstić information content (AvgIpc) is 2.87. The van der Waals surface area contributed by atoms with Gasteiger partial charge in [0.2, 0.25) is 0 Å². The molecule has 0 aromatic rings. The van der Waals surface area contributed by atoms with Gasteiger partial charge in [0.1, 0.15) is 5.78 Å². The van der Waals surface area contributed by atoms with Gasteiger partial charge in [-0.1, -0.05) is 57.6 Å². The molecular weight excluding hydrogens is 316 g/mol. The maximum Gasteiger partial charge on any atom is 0.305 e. The summed E-state index contributed by atoms with van der Waals surface area (Å²) in [5, 5.41) is 10.2. The van der Waals surface area contributed by atoms with Gasteiger partial charge in [-0.25, -0.2) is 0 Å². The van der Waals surface area contributed by atoms with E-state index in [9.17, 15) is 14.7 Å². The number of rotatable bonds is 13. The van der Waals surface area contributed by atoms with Crippen molar-refractivity contribution in [2.45, 2.75) is 90.1 Å². The third-order valence-electron chi connectivity index (χ3n) is 5.19. The number of aliphatic hydroxyl groups excluding tert-OH is 1. The number of aliphatic hydroxyl groups is 1. The van der Waals surface area contributed by atoms with Crippen molar-refractivity contribution in [1.82, 2.24) is 0 Å². The molecule has 0 aliphatic heterocycles.